The SMILES string of the molecule is COc1ccc(N2CCN(S(=O)(=O)c3cc(C)c(C)cc3C)CC2)cc1. The molecule has 140 valence electrons. The zero-order valence-electron chi connectivity index (χ0n) is 15.8. The minimum absolute atomic E-state index is 0.429. The Balaban J connectivity index is 1.75. The first-order valence-corrected chi connectivity index (χ1v) is 10.2. The van der Waals surface area contributed by atoms with E-state index < -0.39 is 10.0 Å². The van der Waals surface area contributed by atoms with Gasteiger partial charge in [0, 0.05) is 31.9 Å². The van der Waals surface area contributed by atoms with Crippen molar-refractivity contribution in [2.45, 2.75) is 25.7 Å². The van der Waals surface area contributed by atoms with Gasteiger partial charge in [-0.05, 0) is 67.8 Å². The van der Waals surface area contributed by atoms with Gasteiger partial charge >= 0.3 is 0 Å². The molecular formula is C20H26N2O3S. The van der Waals surface area contributed by atoms with Crippen LogP contribution in [0.25, 0.3) is 0 Å². The molecular weight excluding hydrogens is 348 g/mol. The molecule has 1 aliphatic heterocycles. The van der Waals surface area contributed by atoms with E-state index in [9.17, 15) is 8.42 Å². The molecule has 1 heterocycles. The molecule has 0 saturated carbocycles. The standard InChI is InChI=1S/C20H26N2O3S/c1-15-13-17(3)20(14-16(15)2)26(23,24)22-11-9-21(10-12-22)18-5-7-19(25-4)8-6-18/h5-8,13-14H,9-12H2,1-4H3. The molecule has 0 bridgehead atoms. The van der Waals surface area contributed by atoms with Crippen LogP contribution in [0, 0.1) is 20.8 Å². The summed E-state index contributed by atoms with van der Waals surface area (Å²) in [6, 6.07) is 11.6. The molecule has 2 aromatic carbocycles. The van der Waals surface area contributed by atoms with Crippen LogP contribution in [-0.4, -0.2) is 46.0 Å². The molecule has 0 spiro atoms. The van der Waals surface area contributed by atoms with Crippen molar-refractivity contribution in [2.24, 2.45) is 0 Å². The number of rotatable bonds is 4. The molecule has 26 heavy (non-hydrogen) atoms. The van der Waals surface area contributed by atoms with E-state index in [-0.39, 0.29) is 0 Å². The molecule has 0 radical (unpaired) electrons. The van der Waals surface area contributed by atoms with Crippen molar-refractivity contribution in [1.82, 2.24) is 4.31 Å². The second-order valence-corrected chi connectivity index (χ2v) is 8.70. The molecule has 2 aromatic rings. The average molecular weight is 375 g/mol. The van der Waals surface area contributed by atoms with Gasteiger partial charge < -0.3 is 9.64 Å². The monoisotopic (exact) mass is 374 g/mol. The van der Waals surface area contributed by atoms with Gasteiger partial charge in [-0.3, -0.25) is 0 Å². The highest BCUT2D eigenvalue weighted by Crippen LogP contribution is 2.26. The Bertz CT molecular complexity index is 884. The Labute approximate surface area is 156 Å². The fourth-order valence-electron chi connectivity index (χ4n) is 3.33. The maximum absolute atomic E-state index is 13.1. The number of benzene rings is 2. The number of anilines is 1. The predicted molar refractivity (Wildman–Crippen MR) is 105 cm³/mol. The van der Waals surface area contributed by atoms with E-state index in [1.807, 2.05) is 51.1 Å². The van der Waals surface area contributed by atoms with Crippen molar-refractivity contribution >= 4 is 15.7 Å². The van der Waals surface area contributed by atoms with Gasteiger partial charge in [0.05, 0.1) is 12.0 Å². The largest absolute Gasteiger partial charge is 0.497 e. The molecule has 0 unspecified atom stereocenters. The van der Waals surface area contributed by atoms with Crippen molar-refractivity contribution < 1.29 is 13.2 Å². The molecule has 0 atom stereocenters. The molecule has 1 aliphatic rings. The lowest BCUT2D eigenvalue weighted by Gasteiger charge is -2.35. The van der Waals surface area contributed by atoms with E-state index in [0.717, 1.165) is 28.1 Å². The summed E-state index contributed by atoms with van der Waals surface area (Å²) in [5, 5.41) is 0. The molecule has 1 saturated heterocycles. The van der Waals surface area contributed by atoms with Crippen LogP contribution in [-0.2, 0) is 10.0 Å². The minimum atomic E-state index is -3.46. The van der Waals surface area contributed by atoms with Gasteiger partial charge in [-0.15, -0.1) is 0 Å². The Hall–Kier alpha value is -2.05. The average Bonchev–Trinajstić information content (AvgIpc) is 2.65. The number of methoxy groups -OCH3 is 1. The smallest absolute Gasteiger partial charge is 0.243 e. The number of piperazine rings is 1. The number of nitrogens with zero attached hydrogens (tertiary/aromatic N) is 2. The van der Waals surface area contributed by atoms with E-state index in [1.54, 1.807) is 17.5 Å². The lowest BCUT2D eigenvalue weighted by molar-refractivity contribution is 0.384. The van der Waals surface area contributed by atoms with E-state index >= 15 is 0 Å². The first kappa shape index (κ1) is 18.7. The van der Waals surface area contributed by atoms with Crippen LogP contribution in [0.1, 0.15) is 16.7 Å². The summed E-state index contributed by atoms with van der Waals surface area (Å²) >= 11 is 0. The van der Waals surface area contributed by atoms with Crippen molar-refractivity contribution in [3.05, 3.63) is 53.1 Å². The van der Waals surface area contributed by atoms with Gasteiger partial charge in [-0.2, -0.15) is 4.31 Å². The summed E-state index contributed by atoms with van der Waals surface area (Å²) in [7, 11) is -1.82. The van der Waals surface area contributed by atoms with E-state index in [0.29, 0.717) is 31.1 Å². The van der Waals surface area contributed by atoms with Gasteiger partial charge in [0.1, 0.15) is 5.75 Å². The van der Waals surface area contributed by atoms with Crippen molar-refractivity contribution in [3.63, 3.8) is 0 Å². The van der Waals surface area contributed by atoms with Crippen LogP contribution >= 0.6 is 0 Å². The molecule has 0 amide bonds. The molecule has 0 aliphatic carbocycles. The lowest BCUT2D eigenvalue weighted by Crippen LogP contribution is -2.48. The Kier molecular flexibility index (Phi) is 5.25. The van der Waals surface area contributed by atoms with Gasteiger partial charge in [0.15, 0.2) is 0 Å². The minimum Gasteiger partial charge on any atom is -0.497 e. The molecule has 6 heteroatoms. The highest BCUT2D eigenvalue weighted by Gasteiger charge is 2.30. The quantitative estimate of drug-likeness (QED) is 0.825. The van der Waals surface area contributed by atoms with Crippen molar-refractivity contribution in [1.29, 1.82) is 0 Å². The fraction of sp³-hybridized carbons (Fsp3) is 0.400. The summed E-state index contributed by atoms with van der Waals surface area (Å²) in [6.45, 7) is 8.15. The van der Waals surface area contributed by atoms with E-state index in [4.69, 9.17) is 4.74 Å². The van der Waals surface area contributed by atoms with Gasteiger partial charge in [0.25, 0.3) is 0 Å². The Morgan fingerprint density at radius 1 is 0.846 bits per heavy atom. The lowest BCUT2D eigenvalue weighted by atomic mass is 10.1. The molecule has 3 rings (SSSR count). The molecule has 5 nitrogen and oxygen atoms in total. The van der Waals surface area contributed by atoms with Crippen LogP contribution in [0.3, 0.4) is 0 Å². The van der Waals surface area contributed by atoms with Crippen molar-refractivity contribution in [2.75, 3.05) is 38.2 Å². The molecule has 0 N–H and O–H groups in total. The number of hydrogen-bond donors (Lipinski definition) is 0. The second-order valence-electron chi connectivity index (χ2n) is 6.79. The van der Waals surface area contributed by atoms with E-state index in [2.05, 4.69) is 4.90 Å². The summed E-state index contributed by atoms with van der Waals surface area (Å²) in [6.07, 6.45) is 0. The zero-order valence-corrected chi connectivity index (χ0v) is 16.6. The van der Waals surface area contributed by atoms with Crippen LogP contribution in [0.15, 0.2) is 41.3 Å². The number of aryl methyl sites for hydroxylation is 3. The van der Waals surface area contributed by atoms with Crippen LogP contribution in [0.5, 0.6) is 5.75 Å². The van der Waals surface area contributed by atoms with Gasteiger partial charge in [0.2, 0.25) is 10.0 Å². The second kappa shape index (κ2) is 7.29. The third kappa shape index (κ3) is 3.57. The predicted octanol–water partition coefficient (Wildman–Crippen LogP) is 3.13. The first-order valence-electron chi connectivity index (χ1n) is 8.80. The highest BCUT2D eigenvalue weighted by atomic mass is 32.2. The summed E-state index contributed by atoms with van der Waals surface area (Å²) in [4.78, 5) is 2.64. The highest BCUT2D eigenvalue weighted by molar-refractivity contribution is 7.89. The summed E-state index contributed by atoms with van der Waals surface area (Å²) in [5.41, 5.74) is 4.02. The third-order valence-corrected chi connectivity index (χ3v) is 7.13. The molecule has 0 aromatic heterocycles. The number of hydrogen-bond acceptors (Lipinski definition) is 4. The summed E-state index contributed by atoms with van der Waals surface area (Å²) < 4.78 is 33.0. The number of ether oxygens (including phenoxy) is 1. The number of sulfonamides is 1. The Morgan fingerprint density at radius 2 is 1.42 bits per heavy atom. The Morgan fingerprint density at radius 3 is 2.00 bits per heavy atom. The third-order valence-electron chi connectivity index (χ3n) is 5.09. The van der Waals surface area contributed by atoms with Crippen LogP contribution in [0.2, 0.25) is 0 Å². The topological polar surface area (TPSA) is 49.9 Å². The fourth-order valence-corrected chi connectivity index (χ4v) is 5.04. The zero-order chi connectivity index (χ0) is 18.9. The maximum atomic E-state index is 13.1. The van der Waals surface area contributed by atoms with Gasteiger partial charge in [-0.1, -0.05) is 6.07 Å². The maximum Gasteiger partial charge on any atom is 0.243 e. The van der Waals surface area contributed by atoms with E-state index in [1.165, 1.54) is 0 Å². The van der Waals surface area contributed by atoms with Gasteiger partial charge in [-0.25, -0.2) is 8.42 Å². The summed E-state index contributed by atoms with van der Waals surface area (Å²) in [5.74, 6) is 0.820. The van der Waals surface area contributed by atoms with Crippen molar-refractivity contribution in [3.8, 4) is 5.75 Å². The normalized spacial score (nSPS) is 15.9. The molecule has 1 fully saturated rings. The van der Waals surface area contributed by atoms with Crippen LogP contribution in [0.4, 0.5) is 5.69 Å². The first-order chi connectivity index (χ1) is 12.3. The van der Waals surface area contributed by atoms with Crippen LogP contribution < -0.4 is 9.64 Å².